The molecular formula is C15H16N4O4S. The van der Waals surface area contributed by atoms with Gasteiger partial charge in [0.2, 0.25) is 0 Å². The second-order valence-electron chi connectivity index (χ2n) is 5.04. The lowest BCUT2D eigenvalue weighted by atomic mass is 10.3. The number of aryl methyl sites for hydroxylation is 1. The minimum Gasteiger partial charge on any atom is -0.492 e. The Morgan fingerprint density at radius 2 is 2.08 bits per heavy atom. The zero-order valence-electron chi connectivity index (χ0n) is 12.9. The molecule has 0 spiro atoms. The molecule has 0 saturated heterocycles. The summed E-state index contributed by atoms with van der Waals surface area (Å²) in [7, 11) is -3.72. The maximum absolute atomic E-state index is 12.3. The van der Waals surface area contributed by atoms with E-state index in [9.17, 15) is 8.42 Å². The van der Waals surface area contributed by atoms with Crippen molar-refractivity contribution in [2.75, 3.05) is 11.3 Å². The van der Waals surface area contributed by atoms with Gasteiger partial charge in [-0.05, 0) is 37.3 Å². The molecule has 0 unspecified atom stereocenters. The van der Waals surface area contributed by atoms with Crippen molar-refractivity contribution in [3.63, 3.8) is 0 Å². The second kappa shape index (κ2) is 6.75. The molecule has 3 aromatic rings. The van der Waals surface area contributed by atoms with Crippen LogP contribution in [0.25, 0.3) is 0 Å². The second-order valence-corrected chi connectivity index (χ2v) is 6.72. The van der Waals surface area contributed by atoms with Crippen molar-refractivity contribution < 1.29 is 17.7 Å². The summed E-state index contributed by atoms with van der Waals surface area (Å²) in [5, 5.41) is 7.68. The fourth-order valence-corrected chi connectivity index (χ4v) is 3.04. The van der Waals surface area contributed by atoms with Gasteiger partial charge < -0.3 is 9.26 Å². The van der Waals surface area contributed by atoms with Crippen LogP contribution in [0.1, 0.15) is 5.56 Å². The fourth-order valence-electron chi connectivity index (χ4n) is 1.98. The highest BCUT2D eigenvalue weighted by molar-refractivity contribution is 7.92. The monoisotopic (exact) mass is 348 g/mol. The van der Waals surface area contributed by atoms with Crippen molar-refractivity contribution in [2.45, 2.75) is 18.4 Å². The van der Waals surface area contributed by atoms with Gasteiger partial charge in [-0.25, -0.2) is 8.42 Å². The first kappa shape index (κ1) is 16.1. The summed E-state index contributed by atoms with van der Waals surface area (Å²) < 4.78 is 39.0. The lowest BCUT2D eigenvalue weighted by Crippen LogP contribution is -2.14. The molecule has 2 aromatic heterocycles. The Morgan fingerprint density at radius 3 is 2.71 bits per heavy atom. The average molecular weight is 348 g/mol. The Hall–Kier alpha value is -2.81. The molecule has 8 nitrogen and oxygen atoms in total. The van der Waals surface area contributed by atoms with Crippen molar-refractivity contribution in [1.82, 2.24) is 14.9 Å². The van der Waals surface area contributed by atoms with Crippen molar-refractivity contribution in [1.29, 1.82) is 0 Å². The molecule has 126 valence electrons. The minimum atomic E-state index is -3.72. The summed E-state index contributed by atoms with van der Waals surface area (Å²) in [4.78, 5) is 0.115. The van der Waals surface area contributed by atoms with Gasteiger partial charge >= 0.3 is 0 Å². The van der Waals surface area contributed by atoms with Gasteiger partial charge in [0.05, 0.1) is 11.4 Å². The standard InChI is InChI=1S/C15H16N4O4S/c1-12-11-23-17-15(12)18-24(20,21)14-5-3-13(4-6-14)22-10-9-19-8-2-7-16-19/h2-8,11H,9-10H2,1H3,(H,17,18). The molecule has 0 aliphatic heterocycles. The number of benzene rings is 1. The van der Waals surface area contributed by atoms with Gasteiger partial charge in [-0.15, -0.1) is 0 Å². The number of aromatic nitrogens is 3. The van der Waals surface area contributed by atoms with Crippen molar-refractivity contribution >= 4 is 15.8 Å². The molecule has 1 aromatic carbocycles. The van der Waals surface area contributed by atoms with Gasteiger partial charge in [0.15, 0.2) is 5.82 Å². The molecule has 0 radical (unpaired) electrons. The minimum absolute atomic E-state index is 0.115. The number of hydrogen-bond acceptors (Lipinski definition) is 6. The highest BCUT2D eigenvalue weighted by Crippen LogP contribution is 2.20. The van der Waals surface area contributed by atoms with Crippen LogP contribution in [0.5, 0.6) is 5.75 Å². The van der Waals surface area contributed by atoms with Gasteiger partial charge in [0.1, 0.15) is 18.6 Å². The highest BCUT2D eigenvalue weighted by atomic mass is 32.2. The third kappa shape index (κ3) is 3.74. The smallest absolute Gasteiger partial charge is 0.263 e. The van der Waals surface area contributed by atoms with E-state index < -0.39 is 10.0 Å². The Bertz CT molecular complexity index is 886. The maximum atomic E-state index is 12.3. The van der Waals surface area contributed by atoms with Crippen molar-refractivity contribution in [3.05, 3.63) is 54.6 Å². The van der Waals surface area contributed by atoms with E-state index in [1.54, 1.807) is 29.9 Å². The molecule has 0 bridgehead atoms. The van der Waals surface area contributed by atoms with Gasteiger partial charge in [0.25, 0.3) is 10.0 Å². The highest BCUT2D eigenvalue weighted by Gasteiger charge is 2.17. The number of rotatable bonds is 7. The van der Waals surface area contributed by atoms with Crippen LogP contribution in [0, 0.1) is 6.92 Å². The quantitative estimate of drug-likeness (QED) is 0.701. The lowest BCUT2D eigenvalue weighted by Gasteiger charge is -2.08. The van der Waals surface area contributed by atoms with E-state index in [0.717, 1.165) is 0 Å². The number of sulfonamides is 1. The van der Waals surface area contributed by atoms with Gasteiger partial charge in [-0.3, -0.25) is 9.40 Å². The Kier molecular flexibility index (Phi) is 4.52. The molecule has 2 heterocycles. The molecular weight excluding hydrogens is 332 g/mol. The normalized spacial score (nSPS) is 11.4. The van der Waals surface area contributed by atoms with Crippen LogP contribution in [0.4, 0.5) is 5.82 Å². The fraction of sp³-hybridized carbons (Fsp3) is 0.200. The first-order valence-electron chi connectivity index (χ1n) is 7.19. The summed E-state index contributed by atoms with van der Waals surface area (Å²) in [6.45, 7) is 2.75. The summed E-state index contributed by atoms with van der Waals surface area (Å²) in [5.74, 6) is 0.758. The van der Waals surface area contributed by atoms with Gasteiger partial charge in [-0.2, -0.15) is 5.10 Å². The van der Waals surface area contributed by atoms with Crippen LogP contribution in [-0.2, 0) is 16.6 Å². The molecule has 0 aliphatic rings. The molecule has 0 amide bonds. The number of nitrogens with zero attached hydrogens (tertiary/aromatic N) is 3. The summed E-state index contributed by atoms with van der Waals surface area (Å²) >= 11 is 0. The number of nitrogens with one attached hydrogen (secondary N) is 1. The number of hydrogen-bond donors (Lipinski definition) is 1. The molecule has 0 saturated carbocycles. The average Bonchev–Trinajstić information content (AvgIpc) is 3.20. The van der Waals surface area contributed by atoms with E-state index in [1.807, 2.05) is 12.3 Å². The van der Waals surface area contributed by atoms with Crippen LogP contribution in [0.2, 0.25) is 0 Å². The Labute approximate surface area is 139 Å². The number of ether oxygens (including phenoxy) is 1. The first-order valence-corrected chi connectivity index (χ1v) is 8.67. The Balaban J connectivity index is 1.62. The van der Waals surface area contributed by atoms with E-state index in [0.29, 0.717) is 24.5 Å². The predicted octanol–water partition coefficient (Wildman–Crippen LogP) is 2.06. The van der Waals surface area contributed by atoms with Crippen molar-refractivity contribution in [2.24, 2.45) is 0 Å². The van der Waals surface area contributed by atoms with Crippen LogP contribution in [0.3, 0.4) is 0 Å². The summed E-state index contributed by atoms with van der Waals surface area (Å²) in [5.41, 5.74) is 0.608. The van der Waals surface area contributed by atoms with Crippen LogP contribution in [-0.4, -0.2) is 30.0 Å². The van der Waals surface area contributed by atoms with Gasteiger partial charge in [-0.1, -0.05) is 5.16 Å². The molecule has 0 fully saturated rings. The van der Waals surface area contributed by atoms with Crippen LogP contribution >= 0.6 is 0 Å². The van der Waals surface area contributed by atoms with Gasteiger partial charge in [0, 0.05) is 18.0 Å². The summed E-state index contributed by atoms with van der Waals surface area (Å²) in [6, 6.07) is 7.99. The zero-order chi connectivity index (χ0) is 17.0. The van der Waals surface area contributed by atoms with Crippen molar-refractivity contribution in [3.8, 4) is 5.75 Å². The molecule has 9 heteroatoms. The molecule has 1 N–H and O–H groups in total. The largest absolute Gasteiger partial charge is 0.492 e. The topological polar surface area (TPSA) is 99.3 Å². The van der Waals surface area contributed by atoms with E-state index in [1.165, 1.54) is 18.4 Å². The third-order valence-corrected chi connectivity index (χ3v) is 4.62. The molecule has 24 heavy (non-hydrogen) atoms. The zero-order valence-corrected chi connectivity index (χ0v) is 13.7. The Morgan fingerprint density at radius 1 is 1.29 bits per heavy atom. The van der Waals surface area contributed by atoms with Crippen LogP contribution < -0.4 is 9.46 Å². The van der Waals surface area contributed by atoms with E-state index >= 15 is 0 Å². The third-order valence-electron chi connectivity index (χ3n) is 3.26. The molecule has 0 aliphatic carbocycles. The van der Waals surface area contributed by atoms with E-state index in [4.69, 9.17) is 9.26 Å². The predicted molar refractivity (Wildman–Crippen MR) is 86.2 cm³/mol. The summed E-state index contributed by atoms with van der Waals surface area (Å²) in [6.07, 6.45) is 4.91. The molecule has 3 rings (SSSR count). The lowest BCUT2D eigenvalue weighted by molar-refractivity contribution is 0.291. The van der Waals surface area contributed by atoms with E-state index in [2.05, 4.69) is 15.0 Å². The maximum Gasteiger partial charge on any atom is 0.263 e. The SMILES string of the molecule is Cc1conc1NS(=O)(=O)c1ccc(OCCn2cccn2)cc1. The number of anilines is 1. The van der Waals surface area contributed by atoms with E-state index in [-0.39, 0.29) is 10.7 Å². The van der Waals surface area contributed by atoms with Crippen LogP contribution in [0.15, 0.2) is 58.4 Å². The molecule has 0 atom stereocenters. The first-order chi connectivity index (χ1) is 11.5.